The SMILES string of the molecule is CC(C)(C)OC(=O)NC[C@H]1[C@@H]2CC[C@@]3(CC[C@H]4[C@@](C)(CCC[C@@]4(C)C(=O)O)[C@@H]3C2)[C@@H]1O. The molecular formula is C25H41NO5. The van der Waals surface area contributed by atoms with Gasteiger partial charge in [0.05, 0.1) is 11.5 Å². The van der Waals surface area contributed by atoms with Crippen LogP contribution in [0.2, 0.25) is 0 Å². The molecule has 0 aromatic heterocycles. The van der Waals surface area contributed by atoms with Crippen molar-refractivity contribution in [3.8, 4) is 0 Å². The molecule has 0 aromatic carbocycles. The van der Waals surface area contributed by atoms with Crippen molar-refractivity contribution in [2.24, 2.45) is 39.9 Å². The van der Waals surface area contributed by atoms with E-state index in [0.29, 0.717) is 18.4 Å². The molecule has 6 heteroatoms. The van der Waals surface area contributed by atoms with E-state index < -0.39 is 29.2 Å². The Morgan fingerprint density at radius 2 is 1.74 bits per heavy atom. The lowest BCUT2D eigenvalue weighted by Gasteiger charge is -2.69. The maximum atomic E-state index is 12.3. The van der Waals surface area contributed by atoms with Gasteiger partial charge in [-0.3, -0.25) is 4.79 Å². The van der Waals surface area contributed by atoms with Crippen LogP contribution in [0.25, 0.3) is 0 Å². The quantitative estimate of drug-likeness (QED) is 0.602. The molecule has 0 unspecified atom stereocenters. The van der Waals surface area contributed by atoms with Gasteiger partial charge in [-0.05, 0) is 95.8 Å². The number of carbonyl (C=O) groups excluding carboxylic acids is 1. The van der Waals surface area contributed by atoms with Gasteiger partial charge < -0.3 is 20.3 Å². The summed E-state index contributed by atoms with van der Waals surface area (Å²) in [6.45, 7) is 10.3. The van der Waals surface area contributed by atoms with E-state index in [1.807, 2.05) is 27.7 Å². The molecule has 2 bridgehead atoms. The summed E-state index contributed by atoms with van der Waals surface area (Å²) >= 11 is 0. The Labute approximate surface area is 186 Å². The average molecular weight is 436 g/mol. The molecule has 8 atom stereocenters. The summed E-state index contributed by atoms with van der Waals surface area (Å²) in [5, 5.41) is 24.6. The van der Waals surface area contributed by atoms with Gasteiger partial charge in [0.1, 0.15) is 5.60 Å². The summed E-state index contributed by atoms with van der Waals surface area (Å²) < 4.78 is 5.39. The Morgan fingerprint density at radius 1 is 1.06 bits per heavy atom. The molecule has 5 fully saturated rings. The van der Waals surface area contributed by atoms with Crippen molar-refractivity contribution in [2.45, 2.75) is 97.7 Å². The Hall–Kier alpha value is -1.30. The fraction of sp³-hybridized carbons (Fsp3) is 0.920. The van der Waals surface area contributed by atoms with Crippen LogP contribution >= 0.6 is 0 Å². The van der Waals surface area contributed by atoms with Gasteiger partial charge in [0.15, 0.2) is 0 Å². The molecule has 5 aliphatic carbocycles. The first-order valence-electron chi connectivity index (χ1n) is 12.2. The number of hydrogen-bond donors (Lipinski definition) is 3. The molecule has 5 rings (SSSR count). The first kappa shape index (κ1) is 22.9. The van der Waals surface area contributed by atoms with Crippen molar-refractivity contribution >= 4 is 12.1 Å². The molecule has 1 amide bonds. The third-order valence-electron chi connectivity index (χ3n) is 9.85. The van der Waals surface area contributed by atoms with Gasteiger partial charge >= 0.3 is 12.1 Å². The van der Waals surface area contributed by atoms with Crippen molar-refractivity contribution in [3.05, 3.63) is 0 Å². The smallest absolute Gasteiger partial charge is 0.407 e. The van der Waals surface area contributed by atoms with Gasteiger partial charge in [-0.2, -0.15) is 0 Å². The van der Waals surface area contributed by atoms with Gasteiger partial charge in [-0.25, -0.2) is 4.79 Å². The molecule has 0 aliphatic heterocycles. The summed E-state index contributed by atoms with van der Waals surface area (Å²) in [6.07, 6.45) is 6.84. The lowest BCUT2D eigenvalue weighted by molar-refractivity contribution is -0.243. The highest BCUT2D eigenvalue weighted by molar-refractivity contribution is 5.75. The summed E-state index contributed by atoms with van der Waals surface area (Å²) in [6, 6.07) is 0. The van der Waals surface area contributed by atoms with Crippen LogP contribution in [0.15, 0.2) is 0 Å². The molecule has 0 aromatic rings. The Kier molecular flexibility index (Phi) is 5.43. The van der Waals surface area contributed by atoms with Crippen LogP contribution in [-0.4, -0.2) is 40.5 Å². The molecule has 0 heterocycles. The van der Waals surface area contributed by atoms with Gasteiger partial charge in [0.2, 0.25) is 0 Å². The number of nitrogens with one attached hydrogen (secondary N) is 1. The van der Waals surface area contributed by atoms with Crippen molar-refractivity contribution in [2.75, 3.05) is 6.54 Å². The number of hydrogen-bond acceptors (Lipinski definition) is 4. The maximum Gasteiger partial charge on any atom is 0.407 e. The number of alkyl carbamates (subject to hydrolysis) is 1. The Bertz CT molecular complexity index is 747. The minimum atomic E-state index is -0.659. The van der Waals surface area contributed by atoms with Crippen LogP contribution in [0.5, 0.6) is 0 Å². The number of carboxylic acid groups (broad SMARTS) is 1. The number of aliphatic hydroxyl groups excluding tert-OH is 1. The largest absolute Gasteiger partial charge is 0.481 e. The van der Waals surface area contributed by atoms with Crippen LogP contribution in [0, 0.1) is 39.9 Å². The number of carbonyl (C=O) groups is 2. The number of aliphatic carboxylic acids is 1. The lowest BCUT2D eigenvalue weighted by Crippen LogP contribution is -2.67. The molecule has 5 saturated carbocycles. The molecule has 0 radical (unpaired) electrons. The van der Waals surface area contributed by atoms with Crippen molar-refractivity contribution in [3.63, 3.8) is 0 Å². The standard InChI is InChI=1S/C25H41NO5/c1-22(2,3)31-21(30)26-14-16-15-7-11-25(19(16)27)12-8-17-23(4,18(25)13-15)9-6-10-24(17,5)20(28)29/h15-19,27H,6-14H2,1-5H3,(H,26,30)(H,28,29)/t15-,16+,17+,18+,19-,23-,24-,25+/m1/s1. The maximum absolute atomic E-state index is 12.3. The number of amides is 1. The van der Waals surface area contributed by atoms with Crippen LogP contribution in [0.1, 0.15) is 86.0 Å². The first-order valence-corrected chi connectivity index (χ1v) is 12.2. The molecule has 176 valence electrons. The summed E-state index contributed by atoms with van der Waals surface area (Å²) in [5.41, 5.74) is -1.37. The van der Waals surface area contributed by atoms with Gasteiger partial charge in [0.25, 0.3) is 0 Å². The Balaban J connectivity index is 1.54. The third kappa shape index (κ3) is 3.48. The lowest BCUT2D eigenvalue weighted by atomic mass is 9.35. The predicted octanol–water partition coefficient (Wildman–Crippen LogP) is 4.60. The van der Waals surface area contributed by atoms with Crippen LogP contribution in [0.3, 0.4) is 0 Å². The zero-order chi connectivity index (χ0) is 22.8. The minimum Gasteiger partial charge on any atom is -0.481 e. The highest BCUT2D eigenvalue weighted by atomic mass is 16.6. The summed E-state index contributed by atoms with van der Waals surface area (Å²) in [4.78, 5) is 24.5. The van der Waals surface area contributed by atoms with Crippen LogP contribution < -0.4 is 5.32 Å². The number of rotatable bonds is 3. The second kappa shape index (κ2) is 7.36. The average Bonchev–Trinajstić information content (AvgIpc) is 2.66. The molecule has 3 N–H and O–H groups in total. The zero-order valence-electron chi connectivity index (χ0n) is 19.9. The minimum absolute atomic E-state index is 0.0349. The third-order valence-corrected chi connectivity index (χ3v) is 9.85. The van der Waals surface area contributed by atoms with E-state index in [-0.39, 0.29) is 22.7 Å². The number of ether oxygens (including phenoxy) is 1. The highest BCUT2D eigenvalue weighted by Crippen LogP contribution is 2.72. The second-order valence-electron chi connectivity index (χ2n) is 12.5. The van der Waals surface area contributed by atoms with Gasteiger partial charge in [0, 0.05) is 17.9 Å². The normalized spacial score (nSPS) is 46.6. The number of fused-ring (bicyclic) bond motifs is 3. The van der Waals surface area contributed by atoms with E-state index in [9.17, 15) is 19.8 Å². The predicted molar refractivity (Wildman–Crippen MR) is 117 cm³/mol. The van der Waals surface area contributed by atoms with Crippen molar-refractivity contribution in [1.82, 2.24) is 5.32 Å². The van der Waals surface area contributed by atoms with E-state index in [4.69, 9.17) is 4.74 Å². The van der Waals surface area contributed by atoms with E-state index in [0.717, 1.165) is 51.4 Å². The summed E-state index contributed by atoms with van der Waals surface area (Å²) in [5.74, 6) is 0.300. The topological polar surface area (TPSA) is 95.9 Å². The molecule has 31 heavy (non-hydrogen) atoms. The number of aliphatic hydroxyl groups is 1. The van der Waals surface area contributed by atoms with E-state index in [1.165, 1.54) is 0 Å². The van der Waals surface area contributed by atoms with Crippen LogP contribution in [-0.2, 0) is 9.53 Å². The molecular weight excluding hydrogens is 394 g/mol. The van der Waals surface area contributed by atoms with E-state index >= 15 is 0 Å². The highest BCUT2D eigenvalue weighted by Gasteiger charge is 2.68. The van der Waals surface area contributed by atoms with E-state index in [1.54, 1.807) is 0 Å². The first-order chi connectivity index (χ1) is 14.3. The fourth-order valence-corrected chi connectivity index (χ4v) is 8.52. The Morgan fingerprint density at radius 3 is 2.39 bits per heavy atom. The molecule has 0 saturated heterocycles. The van der Waals surface area contributed by atoms with Crippen LogP contribution in [0.4, 0.5) is 4.79 Å². The molecule has 6 nitrogen and oxygen atoms in total. The zero-order valence-corrected chi connectivity index (χ0v) is 19.9. The fourth-order valence-electron chi connectivity index (χ4n) is 8.52. The molecule has 1 spiro atoms. The van der Waals surface area contributed by atoms with Gasteiger partial charge in [-0.15, -0.1) is 0 Å². The van der Waals surface area contributed by atoms with Gasteiger partial charge in [-0.1, -0.05) is 13.3 Å². The van der Waals surface area contributed by atoms with Crippen molar-refractivity contribution < 1.29 is 24.5 Å². The monoisotopic (exact) mass is 435 g/mol. The van der Waals surface area contributed by atoms with E-state index in [2.05, 4.69) is 12.2 Å². The molecule has 5 aliphatic rings. The number of carboxylic acids is 1. The second-order valence-corrected chi connectivity index (χ2v) is 12.5. The summed E-state index contributed by atoms with van der Waals surface area (Å²) in [7, 11) is 0. The van der Waals surface area contributed by atoms with Crippen molar-refractivity contribution in [1.29, 1.82) is 0 Å².